The number of nitrogens with one attached hydrogen (secondary N) is 2. The van der Waals surface area contributed by atoms with Gasteiger partial charge in [0.25, 0.3) is 5.69 Å². The van der Waals surface area contributed by atoms with E-state index in [4.69, 9.17) is 9.47 Å². The van der Waals surface area contributed by atoms with Gasteiger partial charge in [0.1, 0.15) is 17.5 Å². The molecule has 8 nitrogen and oxygen atoms in total. The molecular formula is C17H19N3O5. The van der Waals surface area contributed by atoms with Gasteiger partial charge in [0.15, 0.2) is 0 Å². The first-order chi connectivity index (χ1) is 11.9. The summed E-state index contributed by atoms with van der Waals surface area (Å²) in [6, 6.07) is 10.6. The van der Waals surface area contributed by atoms with E-state index in [-0.39, 0.29) is 17.3 Å². The lowest BCUT2D eigenvalue weighted by Gasteiger charge is -2.16. The number of methoxy groups -OCH3 is 2. The van der Waals surface area contributed by atoms with Crippen molar-refractivity contribution in [2.45, 2.75) is 13.0 Å². The molecule has 0 saturated carbocycles. The van der Waals surface area contributed by atoms with Crippen molar-refractivity contribution in [3.63, 3.8) is 0 Å². The molecule has 0 saturated heterocycles. The van der Waals surface area contributed by atoms with Gasteiger partial charge in [0, 0.05) is 17.8 Å². The molecule has 25 heavy (non-hydrogen) atoms. The number of rotatable bonds is 7. The number of carbonyl (C=O) groups excluding carboxylic acids is 1. The molecule has 0 radical (unpaired) electrons. The number of hydrogen-bond donors (Lipinski definition) is 2. The van der Waals surface area contributed by atoms with Crippen molar-refractivity contribution < 1.29 is 19.2 Å². The minimum absolute atomic E-state index is 0.133. The monoisotopic (exact) mass is 345 g/mol. The number of anilines is 2. The van der Waals surface area contributed by atoms with Crippen molar-refractivity contribution in [3.8, 4) is 11.5 Å². The Morgan fingerprint density at radius 2 is 1.80 bits per heavy atom. The number of nitro groups is 1. The van der Waals surface area contributed by atoms with Gasteiger partial charge in [-0.15, -0.1) is 0 Å². The van der Waals surface area contributed by atoms with Crippen LogP contribution in [0.4, 0.5) is 17.1 Å². The number of benzene rings is 2. The van der Waals surface area contributed by atoms with Crippen LogP contribution >= 0.6 is 0 Å². The fraction of sp³-hybridized carbons (Fsp3) is 0.235. The molecule has 0 spiro atoms. The Labute approximate surface area is 144 Å². The first-order valence-corrected chi connectivity index (χ1v) is 7.48. The van der Waals surface area contributed by atoms with Crippen molar-refractivity contribution >= 4 is 23.0 Å². The third kappa shape index (κ3) is 4.60. The summed E-state index contributed by atoms with van der Waals surface area (Å²) in [6.45, 7) is 1.68. The van der Waals surface area contributed by atoms with Crippen LogP contribution in [0.1, 0.15) is 6.92 Å². The standard InChI is InChI=1S/C17H19N3O5/c1-11(18-12-4-7-14(24-2)8-5-12)17(21)19-15-10-13(20(22)23)6-9-16(15)25-3/h4-11,18H,1-3H3,(H,19,21). The van der Waals surface area contributed by atoms with E-state index >= 15 is 0 Å². The van der Waals surface area contributed by atoms with Crippen LogP contribution in [0, 0.1) is 10.1 Å². The summed E-state index contributed by atoms with van der Waals surface area (Å²) >= 11 is 0. The van der Waals surface area contributed by atoms with Crippen LogP contribution in [0.2, 0.25) is 0 Å². The molecule has 0 heterocycles. The average Bonchev–Trinajstić information content (AvgIpc) is 2.62. The highest BCUT2D eigenvalue weighted by atomic mass is 16.6. The summed E-state index contributed by atoms with van der Waals surface area (Å²) in [4.78, 5) is 22.7. The molecule has 2 rings (SSSR count). The molecule has 2 N–H and O–H groups in total. The number of ether oxygens (including phenoxy) is 2. The van der Waals surface area contributed by atoms with Crippen LogP contribution < -0.4 is 20.1 Å². The molecule has 0 aliphatic rings. The third-order valence-corrected chi connectivity index (χ3v) is 3.52. The van der Waals surface area contributed by atoms with E-state index in [1.165, 1.54) is 25.3 Å². The van der Waals surface area contributed by atoms with Gasteiger partial charge in [-0.05, 0) is 37.3 Å². The molecule has 0 aliphatic carbocycles. The van der Waals surface area contributed by atoms with Gasteiger partial charge in [-0.3, -0.25) is 14.9 Å². The quantitative estimate of drug-likeness (QED) is 0.590. The van der Waals surface area contributed by atoms with Crippen LogP contribution in [-0.4, -0.2) is 31.1 Å². The molecule has 2 aromatic rings. The van der Waals surface area contributed by atoms with E-state index in [0.29, 0.717) is 11.5 Å². The summed E-state index contributed by atoms with van der Waals surface area (Å²) in [7, 11) is 3.00. The smallest absolute Gasteiger partial charge is 0.271 e. The molecule has 2 aromatic carbocycles. The van der Waals surface area contributed by atoms with Crippen LogP contribution in [0.25, 0.3) is 0 Å². The van der Waals surface area contributed by atoms with Crippen molar-refractivity contribution in [1.82, 2.24) is 0 Å². The Morgan fingerprint density at radius 1 is 1.12 bits per heavy atom. The summed E-state index contributed by atoms with van der Waals surface area (Å²) < 4.78 is 10.2. The molecule has 1 atom stereocenters. The van der Waals surface area contributed by atoms with Crippen molar-refractivity contribution in [3.05, 3.63) is 52.6 Å². The highest BCUT2D eigenvalue weighted by molar-refractivity contribution is 5.97. The van der Waals surface area contributed by atoms with Gasteiger partial charge in [0.05, 0.1) is 24.8 Å². The number of amides is 1. The van der Waals surface area contributed by atoms with Crippen LogP contribution in [0.15, 0.2) is 42.5 Å². The Hall–Kier alpha value is -3.29. The first kappa shape index (κ1) is 18.1. The zero-order valence-electron chi connectivity index (χ0n) is 14.1. The van der Waals surface area contributed by atoms with Gasteiger partial charge >= 0.3 is 0 Å². The fourth-order valence-electron chi connectivity index (χ4n) is 2.15. The minimum atomic E-state index is -0.572. The predicted molar refractivity (Wildman–Crippen MR) is 94.4 cm³/mol. The fourth-order valence-corrected chi connectivity index (χ4v) is 2.15. The number of hydrogen-bond acceptors (Lipinski definition) is 6. The Bertz CT molecular complexity index is 761. The summed E-state index contributed by atoms with van der Waals surface area (Å²) in [5.41, 5.74) is 0.853. The van der Waals surface area contributed by atoms with Crippen LogP contribution in [0.5, 0.6) is 11.5 Å². The second-order valence-electron chi connectivity index (χ2n) is 5.23. The normalized spacial score (nSPS) is 11.3. The first-order valence-electron chi connectivity index (χ1n) is 7.48. The maximum absolute atomic E-state index is 12.4. The topological polar surface area (TPSA) is 103 Å². The highest BCUT2D eigenvalue weighted by Gasteiger charge is 2.17. The molecule has 1 amide bonds. The van der Waals surface area contributed by atoms with E-state index in [9.17, 15) is 14.9 Å². The van der Waals surface area contributed by atoms with E-state index in [2.05, 4.69) is 10.6 Å². The summed E-state index contributed by atoms with van der Waals surface area (Å²) in [5.74, 6) is 0.703. The highest BCUT2D eigenvalue weighted by Crippen LogP contribution is 2.29. The van der Waals surface area contributed by atoms with Crippen LogP contribution in [0.3, 0.4) is 0 Å². The molecule has 8 heteroatoms. The van der Waals surface area contributed by atoms with E-state index in [0.717, 1.165) is 5.69 Å². The third-order valence-electron chi connectivity index (χ3n) is 3.52. The maximum Gasteiger partial charge on any atom is 0.271 e. The van der Waals surface area contributed by atoms with E-state index in [1.54, 1.807) is 38.3 Å². The molecule has 0 aliphatic heterocycles. The molecule has 0 aromatic heterocycles. The summed E-state index contributed by atoms with van der Waals surface area (Å²) in [5, 5.41) is 16.6. The molecular weight excluding hydrogens is 326 g/mol. The number of carbonyl (C=O) groups is 1. The van der Waals surface area contributed by atoms with Crippen molar-refractivity contribution in [2.24, 2.45) is 0 Å². The number of nitrogens with zero attached hydrogens (tertiary/aromatic N) is 1. The van der Waals surface area contributed by atoms with E-state index < -0.39 is 11.0 Å². The SMILES string of the molecule is COc1ccc(NC(C)C(=O)Nc2cc([N+](=O)[O-])ccc2OC)cc1. The lowest BCUT2D eigenvalue weighted by atomic mass is 10.2. The Balaban J connectivity index is 2.09. The van der Waals surface area contributed by atoms with Gasteiger partial charge < -0.3 is 20.1 Å². The second kappa shape index (κ2) is 8.00. The maximum atomic E-state index is 12.4. The van der Waals surface area contributed by atoms with Gasteiger partial charge in [0.2, 0.25) is 5.91 Å². The molecule has 1 unspecified atom stereocenters. The molecule has 0 bridgehead atoms. The summed E-state index contributed by atoms with van der Waals surface area (Å²) in [6.07, 6.45) is 0. The van der Waals surface area contributed by atoms with Crippen molar-refractivity contribution in [2.75, 3.05) is 24.9 Å². The number of non-ortho nitro benzene ring substituents is 1. The molecule has 132 valence electrons. The lowest BCUT2D eigenvalue weighted by molar-refractivity contribution is -0.384. The average molecular weight is 345 g/mol. The zero-order chi connectivity index (χ0) is 18.4. The molecule has 0 fully saturated rings. The minimum Gasteiger partial charge on any atom is -0.497 e. The van der Waals surface area contributed by atoms with Gasteiger partial charge in [-0.1, -0.05) is 0 Å². The second-order valence-corrected chi connectivity index (χ2v) is 5.23. The predicted octanol–water partition coefficient (Wildman–Crippen LogP) is 3.05. The largest absolute Gasteiger partial charge is 0.497 e. The zero-order valence-corrected chi connectivity index (χ0v) is 14.1. The Morgan fingerprint density at radius 3 is 2.36 bits per heavy atom. The number of nitro benzene ring substituents is 1. The van der Waals surface area contributed by atoms with Crippen LogP contribution in [-0.2, 0) is 4.79 Å². The van der Waals surface area contributed by atoms with Gasteiger partial charge in [-0.25, -0.2) is 0 Å². The lowest BCUT2D eigenvalue weighted by Crippen LogP contribution is -2.32. The van der Waals surface area contributed by atoms with Crippen molar-refractivity contribution in [1.29, 1.82) is 0 Å². The van der Waals surface area contributed by atoms with Gasteiger partial charge in [-0.2, -0.15) is 0 Å². The van der Waals surface area contributed by atoms with E-state index in [1.807, 2.05) is 0 Å². The Kier molecular flexibility index (Phi) is 5.78.